The van der Waals surface area contributed by atoms with Crippen molar-refractivity contribution < 1.29 is 4.79 Å². The van der Waals surface area contributed by atoms with Gasteiger partial charge in [-0.25, -0.2) is 0 Å². The molecular weight excluding hydrogens is 228 g/mol. The number of nitrogens with zero attached hydrogens (tertiary/aromatic N) is 2. The molecule has 0 atom stereocenters. The van der Waals surface area contributed by atoms with E-state index in [1.807, 2.05) is 6.08 Å². The highest BCUT2D eigenvalue weighted by Gasteiger charge is 1.98. The van der Waals surface area contributed by atoms with E-state index in [1.54, 1.807) is 12.1 Å². The highest BCUT2D eigenvalue weighted by Crippen LogP contribution is 2.13. The van der Waals surface area contributed by atoms with Gasteiger partial charge in [-0.3, -0.25) is 4.79 Å². The molecule has 3 N–H and O–H groups in total. The average molecular weight is 241 g/mol. The molecule has 1 heterocycles. The van der Waals surface area contributed by atoms with Gasteiger partial charge in [-0.15, -0.1) is 10.2 Å². The zero-order chi connectivity index (χ0) is 12.0. The summed E-state index contributed by atoms with van der Waals surface area (Å²) in [5.74, 6) is 0.293. The lowest BCUT2D eigenvalue weighted by molar-refractivity contribution is -0.118. The molecule has 1 aromatic rings. The highest BCUT2D eigenvalue weighted by atomic mass is 35.5. The third-order valence-corrected chi connectivity index (χ3v) is 1.99. The third-order valence-electron chi connectivity index (χ3n) is 1.81. The van der Waals surface area contributed by atoms with Crippen LogP contribution in [0.15, 0.2) is 12.1 Å². The van der Waals surface area contributed by atoms with Crippen LogP contribution in [0.5, 0.6) is 0 Å². The first-order chi connectivity index (χ1) is 7.59. The van der Waals surface area contributed by atoms with Gasteiger partial charge >= 0.3 is 0 Å². The smallest absolute Gasteiger partial charge is 0.216 e. The van der Waals surface area contributed by atoms with Gasteiger partial charge in [0.25, 0.3) is 0 Å². The molecule has 6 heteroatoms. The quantitative estimate of drug-likeness (QED) is 0.777. The van der Waals surface area contributed by atoms with Crippen LogP contribution in [0.3, 0.4) is 0 Å². The van der Waals surface area contributed by atoms with Crippen molar-refractivity contribution in [2.45, 2.75) is 13.3 Å². The number of nitrogens with two attached hydrogens (primary N) is 1. The van der Waals surface area contributed by atoms with Crippen LogP contribution in [0, 0.1) is 0 Å². The second kappa shape index (κ2) is 6.07. The molecule has 0 saturated carbocycles. The number of anilines is 1. The molecule has 0 spiro atoms. The molecule has 16 heavy (non-hydrogen) atoms. The van der Waals surface area contributed by atoms with Gasteiger partial charge in [0.2, 0.25) is 5.91 Å². The van der Waals surface area contributed by atoms with Crippen LogP contribution in [0.4, 0.5) is 5.82 Å². The molecule has 0 saturated heterocycles. The Balaban J connectivity index is 2.49. The largest absolute Gasteiger partial charge is 0.382 e. The Morgan fingerprint density at radius 2 is 2.38 bits per heavy atom. The molecule has 1 rings (SSSR count). The summed E-state index contributed by atoms with van der Waals surface area (Å²) in [5, 5.41) is 10.3. The van der Waals surface area contributed by atoms with E-state index < -0.39 is 0 Å². The molecule has 1 amide bonds. The Morgan fingerprint density at radius 1 is 1.62 bits per heavy atom. The number of carbonyl (C=O) groups is 1. The van der Waals surface area contributed by atoms with Crippen LogP contribution in [-0.2, 0) is 4.79 Å². The molecule has 0 aliphatic carbocycles. The van der Waals surface area contributed by atoms with Crippen molar-refractivity contribution in [3.05, 3.63) is 22.9 Å². The van der Waals surface area contributed by atoms with Gasteiger partial charge in [-0.05, 0) is 12.5 Å². The fourth-order valence-electron chi connectivity index (χ4n) is 1.07. The summed E-state index contributed by atoms with van der Waals surface area (Å²) in [4.78, 5) is 10.6. The molecule has 0 aromatic carbocycles. The fourth-order valence-corrected chi connectivity index (χ4v) is 1.22. The summed E-state index contributed by atoms with van der Waals surface area (Å²) in [7, 11) is 0. The first kappa shape index (κ1) is 12.4. The van der Waals surface area contributed by atoms with Crippen molar-refractivity contribution in [2.75, 3.05) is 12.3 Å². The van der Waals surface area contributed by atoms with Crippen LogP contribution in [-0.4, -0.2) is 22.6 Å². The maximum atomic E-state index is 10.6. The van der Waals surface area contributed by atoms with E-state index in [0.717, 1.165) is 12.0 Å². The number of halogens is 1. The Labute approximate surface area is 98.7 Å². The molecule has 0 aliphatic heterocycles. The Bertz CT molecular complexity index is 406. The van der Waals surface area contributed by atoms with E-state index in [4.69, 9.17) is 17.3 Å². The number of carbonyl (C=O) groups excluding carboxylic acids is 1. The molecule has 0 fully saturated rings. The van der Waals surface area contributed by atoms with Crippen LogP contribution in [0.1, 0.15) is 18.9 Å². The molecule has 0 bridgehead atoms. The predicted octanol–water partition coefficient (Wildman–Crippen LogP) is 1.25. The van der Waals surface area contributed by atoms with Gasteiger partial charge in [-0.1, -0.05) is 23.8 Å². The van der Waals surface area contributed by atoms with E-state index in [0.29, 0.717) is 17.5 Å². The number of rotatable bonds is 4. The Morgan fingerprint density at radius 3 is 3.06 bits per heavy atom. The van der Waals surface area contributed by atoms with Crippen molar-refractivity contribution in [2.24, 2.45) is 0 Å². The average Bonchev–Trinajstić information content (AvgIpc) is 2.22. The minimum absolute atomic E-state index is 0.0402. The van der Waals surface area contributed by atoms with Gasteiger partial charge in [0, 0.05) is 19.0 Å². The second-order valence-electron chi connectivity index (χ2n) is 3.18. The van der Waals surface area contributed by atoms with Crippen LogP contribution >= 0.6 is 11.6 Å². The minimum atomic E-state index is -0.0402. The van der Waals surface area contributed by atoms with Crippen molar-refractivity contribution >= 4 is 29.4 Å². The number of nitrogens with one attached hydrogen (secondary N) is 1. The number of aromatic nitrogens is 2. The van der Waals surface area contributed by atoms with Crippen LogP contribution < -0.4 is 11.1 Å². The third kappa shape index (κ3) is 4.27. The lowest BCUT2D eigenvalue weighted by Crippen LogP contribution is -2.20. The topological polar surface area (TPSA) is 80.9 Å². The Kier molecular flexibility index (Phi) is 4.72. The fraction of sp³-hybridized carbons (Fsp3) is 0.300. The van der Waals surface area contributed by atoms with Gasteiger partial charge < -0.3 is 11.1 Å². The number of nitrogen functional groups attached to an aromatic ring is 1. The maximum Gasteiger partial charge on any atom is 0.216 e. The molecule has 0 aliphatic rings. The van der Waals surface area contributed by atoms with Crippen molar-refractivity contribution in [1.82, 2.24) is 15.5 Å². The van der Waals surface area contributed by atoms with Crippen molar-refractivity contribution in [3.63, 3.8) is 0 Å². The second-order valence-corrected chi connectivity index (χ2v) is 3.57. The number of hydrogen-bond acceptors (Lipinski definition) is 4. The maximum absolute atomic E-state index is 10.6. The zero-order valence-corrected chi connectivity index (χ0v) is 9.66. The highest BCUT2D eigenvalue weighted by molar-refractivity contribution is 6.29. The summed E-state index contributed by atoms with van der Waals surface area (Å²) < 4.78 is 0. The first-order valence-corrected chi connectivity index (χ1v) is 5.17. The predicted molar refractivity (Wildman–Crippen MR) is 63.8 cm³/mol. The van der Waals surface area contributed by atoms with E-state index in [2.05, 4.69) is 15.5 Å². The summed E-state index contributed by atoms with van der Waals surface area (Å²) in [6.45, 7) is 2.08. The first-order valence-electron chi connectivity index (χ1n) is 4.79. The molecular formula is C10H13ClN4O. The molecule has 0 radical (unpaired) electrons. The lowest BCUT2D eigenvalue weighted by Gasteiger charge is -1.99. The Hall–Kier alpha value is -1.62. The van der Waals surface area contributed by atoms with E-state index >= 15 is 0 Å². The number of amides is 1. The molecule has 86 valence electrons. The SMILES string of the molecule is CC(=O)NCCC=Cc1cc(Cl)nnc1N. The summed E-state index contributed by atoms with van der Waals surface area (Å²) in [5.41, 5.74) is 6.32. The van der Waals surface area contributed by atoms with Crippen LogP contribution in [0.25, 0.3) is 6.08 Å². The van der Waals surface area contributed by atoms with Crippen LogP contribution in [0.2, 0.25) is 5.15 Å². The van der Waals surface area contributed by atoms with Gasteiger partial charge in [0.15, 0.2) is 11.0 Å². The summed E-state index contributed by atoms with van der Waals surface area (Å²) in [6, 6.07) is 1.64. The minimum Gasteiger partial charge on any atom is -0.382 e. The summed E-state index contributed by atoms with van der Waals surface area (Å²) in [6.07, 6.45) is 4.41. The van der Waals surface area contributed by atoms with Gasteiger partial charge in [0.1, 0.15) is 0 Å². The molecule has 1 aromatic heterocycles. The summed E-state index contributed by atoms with van der Waals surface area (Å²) >= 11 is 5.68. The van der Waals surface area contributed by atoms with Crippen molar-refractivity contribution in [3.8, 4) is 0 Å². The van der Waals surface area contributed by atoms with Gasteiger partial charge in [-0.2, -0.15) is 0 Å². The van der Waals surface area contributed by atoms with E-state index in [-0.39, 0.29) is 5.91 Å². The standard InChI is InChI=1S/C10H13ClN4O/c1-7(16)13-5-3-2-4-8-6-9(11)14-15-10(8)12/h2,4,6H,3,5H2,1H3,(H2,12,15)(H,13,16). The normalized spacial score (nSPS) is 10.6. The monoisotopic (exact) mass is 240 g/mol. The molecule has 0 unspecified atom stereocenters. The van der Waals surface area contributed by atoms with Crippen molar-refractivity contribution in [1.29, 1.82) is 0 Å². The van der Waals surface area contributed by atoms with E-state index in [9.17, 15) is 4.79 Å². The zero-order valence-electron chi connectivity index (χ0n) is 8.90. The lowest BCUT2D eigenvalue weighted by atomic mass is 10.2. The molecule has 5 nitrogen and oxygen atoms in total. The van der Waals surface area contributed by atoms with E-state index in [1.165, 1.54) is 6.92 Å². The van der Waals surface area contributed by atoms with Gasteiger partial charge in [0.05, 0.1) is 0 Å². The number of hydrogen-bond donors (Lipinski definition) is 2.